The Labute approximate surface area is 141 Å². The average Bonchev–Trinajstić information content (AvgIpc) is 2.92. The normalized spacial score (nSPS) is 12.2. The minimum atomic E-state index is -3.58. The zero-order chi connectivity index (χ0) is 17.3. The van der Waals surface area contributed by atoms with Crippen LogP contribution in [-0.2, 0) is 16.6 Å². The van der Waals surface area contributed by atoms with Crippen LogP contribution < -0.4 is 4.72 Å². The summed E-state index contributed by atoms with van der Waals surface area (Å²) in [5.41, 5.74) is 2.54. The van der Waals surface area contributed by atoms with Gasteiger partial charge in [-0.25, -0.2) is 23.1 Å². The molecule has 0 aliphatic rings. The Morgan fingerprint density at radius 3 is 2.54 bits per heavy atom. The minimum Gasteiger partial charge on any atom is -0.309 e. The van der Waals surface area contributed by atoms with Crippen molar-refractivity contribution in [3.8, 4) is 0 Å². The molecule has 0 atom stereocenters. The highest BCUT2D eigenvalue weighted by atomic mass is 32.2. The molecule has 0 unspecified atom stereocenters. The van der Waals surface area contributed by atoms with Crippen molar-refractivity contribution in [2.24, 2.45) is 0 Å². The Morgan fingerprint density at radius 2 is 1.88 bits per heavy atom. The van der Waals surface area contributed by atoms with Crippen molar-refractivity contribution in [3.05, 3.63) is 54.0 Å². The summed E-state index contributed by atoms with van der Waals surface area (Å²) < 4.78 is 29.5. The number of aryl methyl sites for hydroxylation is 1. The van der Waals surface area contributed by atoms with E-state index in [9.17, 15) is 8.42 Å². The number of imidazole rings is 1. The van der Waals surface area contributed by atoms with Gasteiger partial charge in [-0.1, -0.05) is 17.7 Å². The second-order valence-corrected chi connectivity index (χ2v) is 7.74. The molecule has 0 radical (unpaired) electrons. The summed E-state index contributed by atoms with van der Waals surface area (Å²) in [7, 11) is -3.58. The van der Waals surface area contributed by atoms with E-state index in [1.807, 2.05) is 37.5 Å². The molecule has 0 amide bonds. The van der Waals surface area contributed by atoms with Gasteiger partial charge in [0.25, 0.3) is 0 Å². The average molecular weight is 344 g/mol. The van der Waals surface area contributed by atoms with Gasteiger partial charge < -0.3 is 4.57 Å². The third kappa shape index (κ3) is 3.18. The molecule has 3 aromatic rings. The first kappa shape index (κ1) is 16.6. The molecule has 0 aliphatic heterocycles. The molecule has 6 nitrogen and oxygen atoms in total. The Kier molecular flexibility index (Phi) is 4.38. The van der Waals surface area contributed by atoms with Crippen molar-refractivity contribution in [2.45, 2.75) is 38.3 Å². The van der Waals surface area contributed by atoms with Crippen LogP contribution in [0.25, 0.3) is 11.2 Å². The van der Waals surface area contributed by atoms with E-state index in [0.29, 0.717) is 5.82 Å². The number of rotatable bonds is 5. The summed E-state index contributed by atoms with van der Waals surface area (Å²) in [6.45, 7) is 6.08. The van der Waals surface area contributed by atoms with Gasteiger partial charge in [-0.3, -0.25) is 0 Å². The molecule has 2 heterocycles. The smallest absolute Gasteiger partial charge is 0.240 e. The standard InChI is InChI=1S/C17H20N4O2S/c1-12(2)21-16(20-15-5-4-10-18-17(15)21)11-19-24(22,23)14-8-6-13(3)7-9-14/h4-10,12,19H,11H2,1-3H3. The summed E-state index contributed by atoms with van der Waals surface area (Å²) in [6.07, 6.45) is 1.71. The quantitative estimate of drug-likeness (QED) is 0.772. The molecule has 2 aromatic heterocycles. The summed E-state index contributed by atoms with van der Waals surface area (Å²) in [4.78, 5) is 9.13. The van der Waals surface area contributed by atoms with Gasteiger partial charge in [0.2, 0.25) is 10.0 Å². The lowest BCUT2D eigenvalue weighted by Gasteiger charge is -2.13. The van der Waals surface area contributed by atoms with Gasteiger partial charge in [0.1, 0.15) is 11.3 Å². The number of hydrogen-bond acceptors (Lipinski definition) is 4. The highest BCUT2D eigenvalue weighted by Crippen LogP contribution is 2.19. The molecule has 1 N–H and O–H groups in total. The Morgan fingerprint density at radius 1 is 1.17 bits per heavy atom. The van der Waals surface area contributed by atoms with Crippen LogP contribution in [0.15, 0.2) is 47.5 Å². The fourth-order valence-corrected chi connectivity index (χ4v) is 3.58. The SMILES string of the molecule is Cc1ccc(S(=O)(=O)NCc2nc3cccnc3n2C(C)C)cc1. The Hall–Kier alpha value is -2.25. The first-order valence-corrected chi connectivity index (χ1v) is 9.25. The number of nitrogens with one attached hydrogen (secondary N) is 1. The molecule has 126 valence electrons. The van der Waals surface area contributed by atoms with Gasteiger partial charge >= 0.3 is 0 Å². The number of pyridine rings is 1. The van der Waals surface area contributed by atoms with Gasteiger partial charge in [-0.2, -0.15) is 0 Å². The van der Waals surface area contributed by atoms with Crippen molar-refractivity contribution in [3.63, 3.8) is 0 Å². The van der Waals surface area contributed by atoms with Crippen LogP contribution in [0.5, 0.6) is 0 Å². The topological polar surface area (TPSA) is 76.9 Å². The third-order valence-electron chi connectivity index (χ3n) is 3.79. The van der Waals surface area contributed by atoms with E-state index < -0.39 is 10.0 Å². The van der Waals surface area contributed by atoms with Crippen LogP contribution >= 0.6 is 0 Å². The number of fused-ring (bicyclic) bond motifs is 1. The largest absolute Gasteiger partial charge is 0.309 e. The molecular weight excluding hydrogens is 324 g/mol. The zero-order valence-electron chi connectivity index (χ0n) is 13.9. The fraction of sp³-hybridized carbons (Fsp3) is 0.294. The summed E-state index contributed by atoms with van der Waals surface area (Å²) in [5, 5.41) is 0. The molecule has 24 heavy (non-hydrogen) atoms. The third-order valence-corrected chi connectivity index (χ3v) is 5.21. The van der Waals surface area contributed by atoms with E-state index in [-0.39, 0.29) is 17.5 Å². The van der Waals surface area contributed by atoms with E-state index in [1.54, 1.807) is 30.5 Å². The molecule has 0 fully saturated rings. The minimum absolute atomic E-state index is 0.116. The van der Waals surface area contributed by atoms with E-state index in [4.69, 9.17) is 0 Å². The first-order chi connectivity index (χ1) is 11.4. The maximum atomic E-state index is 12.4. The summed E-state index contributed by atoms with van der Waals surface area (Å²) in [6, 6.07) is 10.6. The second kappa shape index (κ2) is 6.33. The summed E-state index contributed by atoms with van der Waals surface area (Å²) >= 11 is 0. The molecule has 3 rings (SSSR count). The predicted octanol–water partition coefficient (Wildman–Crippen LogP) is 2.80. The monoisotopic (exact) mass is 344 g/mol. The van der Waals surface area contributed by atoms with E-state index in [2.05, 4.69) is 14.7 Å². The van der Waals surface area contributed by atoms with Crippen molar-refractivity contribution in [2.75, 3.05) is 0 Å². The molecule has 0 saturated carbocycles. The van der Waals surface area contributed by atoms with Crippen molar-refractivity contribution < 1.29 is 8.42 Å². The van der Waals surface area contributed by atoms with Crippen molar-refractivity contribution in [1.29, 1.82) is 0 Å². The van der Waals surface area contributed by atoms with Gasteiger partial charge in [0.05, 0.1) is 11.4 Å². The van der Waals surface area contributed by atoms with Crippen molar-refractivity contribution in [1.82, 2.24) is 19.3 Å². The predicted molar refractivity (Wildman–Crippen MR) is 93.1 cm³/mol. The van der Waals surface area contributed by atoms with Crippen molar-refractivity contribution >= 4 is 21.2 Å². The number of nitrogens with zero attached hydrogens (tertiary/aromatic N) is 3. The Balaban J connectivity index is 1.90. The van der Waals surface area contributed by atoms with Crippen LogP contribution in [-0.4, -0.2) is 23.0 Å². The fourth-order valence-electron chi connectivity index (χ4n) is 2.60. The van der Waals surface area contributed by atoms with Gasteiger partial charge in [-0.05, 0) is 45.0 Å². The maximum absolute atomic E-state index is 12.4. The molecule has 0 spiro atoms. The zero-order valence-corrected chi connectivity index (χ0v) is 14.7. The van der Waals surface area contributed by atoms with Crippen LogP contribution in [0.4, 0.5) is 0 Å². The van der Waals surface area contributed by atoms with Gasteiger partial charge in [0, 0.05) is 12.2 Å². The number of sulfonamides is 1. The number of hydrogen-bond donors (Lipinski definition) is 1. The summed E-state index contributed by atoms with van der Waals surface area (Å²) in [5.74, 6) is 0.648. The molecule has 0 saturated heterocycles. The second-order valence-electron chi connectivity index (χ2n) is 5.98. The van der Waals surface area contributed by atoms with Gasteiger partial charge in [-0.15, -0.1) is 0 Å². The maximum Gasteiger partial charge on any atom is 0.240 e. The van der Waals surface area contributed by atoms with Crippen LogP contribution in [0.1, 0.15) is 31.3 Å². The van der Waals surface area contributed by atoms with E-state index >= 15 is 0 Å². The number of benzene rings is 1. The Bertz CT molecular complexity index is 960. The lowest BCUT2D eigenvalue weighted by molar-refractivity contribution is 0.556. The first-order valence-electron chi connectivity index (χ1n) is 7.76. The van der Waals surface area contributed by atoms with Crippen LogP contribution in [0.3, 0.4) is 0 Å². The highest BCUT2D eigenvalue weighted by molar-refractivity contribution is 7.89. The highest BCUT2D eigenvalue weighted by Gasteiger charge is 2.18. The van der Waals surface area contributed by atoms with Crippen LogP contribution in [0.2, 0.25) is 0 Å². The van der Waals surface area contributed by atoms with Crippen LogP contribution in [0, 0.1) is 6.92 Å². The van der Waals surface area contributed by atoms with E-state index in [0.717, 1.165) is 16.7 Å². The molecule has 1 aromatic carbocycles. The van der Waals surface area contributed by atoms with Gasteiger partial charge in [0.15, 0.2) is 5.65 Å². The van der Waals surface area contributed by atoms with E-state index in [1.165, 1.54) is 0 Å². The molecule has 0 bridgehead atoms. The lowest BCUT2D eigenvalue weighted by Crippen LogP contribution is -2.25. The molecule has 0 aliphatic carbocycles. The molecular formula is C17H20N4O2S. The lowest BCUT2D eigenvalue weighted by atomic mass is 10.2. The molecule has 7 heteroatoms. The number of aromatic nitrogens is 3.